The van der Waals surface area contributed by atoms with Crippen LogP contribution >= 0.6 is 11.3 Å². The average molecular weight is 466 g/mol. The van der Waals surface area contributed by atoms with Crippen LogP contribution in [0, 0.1) is 6.92 Å². The van der Waals surface area contributed by atoms with Crippen LogP contribution < -0.4 is 21.3 Å². The minimum atomic E-state index is -1.16. The number of carbonyl (C=O) groups is 2. The molecule has 0 fully saturated rings. The Morgan fingerprint density at radius 2 is 2.21 bits per heavy atom. The summed E-state index contributed by atoms with van der Waals surface area (Å²) in [5.41, 5.74) is 7.66. The van der Waals surface area contributed by atoms with Crippen molar-refractivity contribution in [3.05, 3.63) is 74.6 Å². The number of ketones is 1. The zero-order valence-corrected chi connectivity index (χ0v) is 19.0. The van der Waals surface area contributed by atoms with E-state index in [-0.39, 0.29) is 28.5 Å². The summed E-state index contributed by atoms with van der Waals surface area (Å²) >= 11 is 1.15. The van der Waals surface area contributed by atoms with E-state index in [2.05, 4.69) is 10.3 Å². The first-order valence-corrected chi connectivity index (χ1v) is 11.2. The summed E-state index contributed by atoms with van der Waals surface area (Å²) in [5, 5.41) is 15.1. The van der Waals surface area contributed by atoms with E-state index in [1.807, 2.05) is 25.1 Å². The summed E-state index contributed by atoms with van der Waals surface area (Å²) in [5.74, 6) is -0.789. The standard InChI is InChI=1S/C22H23BN4O5S/c1-12-4-3-5-13-8-15(23(31)32-20(12)13)10-17(28)19(16-11-33-22(24)25-16)26-21(30)14-6-7-27(2)18(29)9-14/h3-7,9,11,15,19,31H,8,10H2,1-2H3,(H2,24,25)(H,26,30)/t15-,19?/m1/s1. The first-order valence-electron chi connectivity index (χ1n) is 10.4. The van der Waals surface area contributed by atoms with Crippen molar-refractivity contribution in [2.45, 2.75) is 31.6 Å². The molecule has 0 aliphatic carbocycles. The molecule has 0 radical (unpaired) electrons. The lowest BCUT2D eigenvalue weighted by atomic mass is 9.64. The van der Waals surface area contributed by atoms with Crippen LogP contribution in [0.4, 0.5) is 5.13 Å². The molecule has 3 aromatic rings. The number of hydrogen-bond acceptors (Lipinski definition) is 8. The number of fused-ring (bicyclic) bond motifs is 1. The number of nitrogens with one attached hydrogen (secondary N) is 1. The quantitative estimate of drug-likeness (QED) is 0.470. The molecule has 11 heteroatoms. The highest BCUT2D eigenvalue weighted by Crippen LogP contribution is 2.36. The van der Waals surface area contributed by atoms with Gasteiger partial charge in [0.1, 0.15) is 11.8 Å². The van der Waals surface area contributed by atoms with Gasteiger partial charge in [0.2, 0.25) is 0 Å². The van der Waals surface area contributed by atoms with Crippen LogP contribution in [0.15, 0.2) is 46.7 Å². The smallest absolute Gasteiger partial charge is 0.526 e. The van der Waals surface area contributed by atoms with Gasteiger partial charge in [-0.2, -0.15) is 0 Å². The highest BCUT2D eigenvalue weighted by atomic mass is 32.1. The normalized spacial score (nSPS) is 16.0. The fraction of sp³-hybridized carbons (Fsp3) is 0.273. The number of Topliss-reactive ketones (excluding diaryl/α,β-unsaturated/α-hetero) is 1. The number of rotatable bonds is 6. The average Bonchev–Trinajstić information content (AvgIpc) is 3.20. The van der Waals surface area contributed by atoms with Crippen molar-refractivity contribution < 1.29 is 19.3 Å². The second-order valence-corrected chi connectivity index (χ2v) is 8.98. The Balaban J connectivity index is 1.56. The highest BCUT2D eigenvalue weighted by Gasteiger charge is 2.38. The molecule has 9 nitrogen and oxygen atoms in total. The number of nitrogens with two attached hydrogens (primary N) is 1. The predicted molar refractivity (Wildman–Crippen MR) is 125 cm³/mol. The molecule has 0 saturated heterocycles. The Morgan fingerprint density at radius 3 is 2.91 bits per heavy atom. The summed E-state index contributed by atoms with van der Waals surface area (Å²) in [6.07, 6.45) is 1.88. The summed E-state index contributed by atoms with van der Waals surface area (Å²) in [7, 11) is 0.419. The molecule has 1 amide bonds. The monoisotopic (exact) mass is 466 g/mol. The van der Waals surface area contributed by atoms with Gasteiger partial charge >= 0.3 is 7.12 Å². The molecule has 2 atom stereocenters. The summed E-state index contributed by atoms with van der Waals surface area (Å²) in [6.45, 7) is 1.89. The van der Waals surface area contributed by atoms with Gasteiger partial charge in [-0.3, -0.25) is 14.4 Å². The van der Waals surface area contributed by atoms with Crippen molar-refractivity contribution in [2.75, 3.05) is 5.73 Å². The van der Waals surface area contributed by atoms with Crippen LogP contribution in [0.3, 0.4) is 0 Å². The van der Waals surface area contributed by atoms with Crippen LogP contribution in [0.1, 0.15) is 39.6 Å². The van der Waals surface area contributed by atoms with Gasteiger partial charge in [-0.05, 0) is 30.5 Å². The van der Waals surface area contributed by atoms with Gasteiger partial charge in [0.05, 0.1) is 5.69 Å². The van der Waals surface area contributed by atoms with E-state index in [0.717, 1.165) is 22.5 Å². The molecular weight excluding hydrogens is 443 g/mol. The number of hydrogen-bond donors (Lipinski definition) is 3. The van der Waals surface area contributed by atoms with Crippen LogP contribution in [0.25, 0.3) is 0 Å². The van der Waals surface area contributed by atoms with E-state index in [4.69, 9.17) is 10.4 Å². The van der Waals surface area contributed by atoms with Crippen LogP contribution in [-0.4, -0.2) is 33.4 Å². The molecule has 2 aromatic heterocycles. The Morgan fingerprint density at radius 1 is 1.42 bits per heavy atom. The lowest BCUT2D eigenvalue weighted by Crippen LogP contribution is -2.39. The number of thiazole rings is 1. The summed E-state index contributed by atoms with van der Waals surface area (Å²) < 4.78 is 7.02. The zero-order valence-electron chi connectivity index (χ0n) is 18.1. The lowest BCUT2D eigenvalue weighted by molar-refractivity contribution is -0.121. The molecular formula is C22H23BN4O5S. The molecule has 0 bridgehead atoms. The fourth-order valence-electron chi connectivity index (χ4n) is 3.85. The number of nitrogens with zero attached hydrogens (tertiary/aromatic N) is 2. The zero-order chi connectivity index (χ0) is 23.7. The topological polar surface area (TPSA) is 137 Å². The van der Waals surface area contributed by atoms with Gasteiger partial charge in [0.25, 0.3) is 11.5 Å². The molecule has 170 valence electrons. The number of carbonyl (C=O) groups excluding carboxylic acids is 2. The number of amides is 1. The minimum absolute atomic E-state index is 0.0481. The Hall–Kier alpha value is -3.44. The number of aromatic nitrogens is 2. The molecule has 4 N–H and O–H groups in total. The predicted octanol–water partition coefficient (Wildman–Crippen LogP) is 1.65. The third-order valence-corrected chi connectivity index (χ3v) is 6.37. The van der Waals surface area contributed by atoms with E-state index in [0.29, 0.717) is 17.9 Å². The van der Waals surface area contributed by atoms with Gasteiger partial charge in [-0.15, -0.1) is 11.3 Å². The maximum atomic E-state index is 13.3. The van der Waals surface area contributed by atoms with Crippen molar-refractivity contribution in [1.82, 2.24) is 14.9 Å². The van der Waals surface area contributed by atoms with E-state index in [9.17, 15) is 19.4 Å². The van der Waals surface area contributed by atoms with Crippen molar-refractivity contribution in [3.8, 4) is 5.75 Å². The first-order chi connectivity index (χ1) is 15.7. The number of para-hydroxylation sites is 1. The third kappa shape index (κ3) is 4.84. The van der Waals surface area contributed by atoms with Gasteiger partial charge < -0.3 is 25.3 Å². The molecule has 3 heterocycles. The highest BCUT2D eigenvalue weighted by molar-refractivity contribution is 7.13. The molecule has 0 saturated carbocycles. The first kappa shape index (κ1) is 22.7. The van der Waals surface area contributed by atoms with Crippen molar-refractivity contribution in [3.63, 3.8) is 0 Å². The summed E-state index contributed by atoms with van der Waals surface area (Å²) in [6, 6.07) is 7.31. The van der Waals surface area contributed by atoms with Crippen molar-refractivity contribution in [2.24, 2.45) is 7.05 Å². The van der Waals surface area contributed by atoms with Gasteiger partial charge in [0, 0.05) is 42.5 Å². The Bertz CT molecular complexity index is 1270. The van der Waals surface area contributed by atoms with E-state index in [1.165, 1.54) is 22.9 Å². The number of nitrogen functional groups attached to an aromatic ring is 1. The molecule has 33 heavy (non-hydrogen) atoms. The SMILES string of the molecule is Cc1cccc2c1OB(O)[C@@H](CC(=O)C(NC(=O)c1ccn(C)c(=O)c1)c1csc(N)n1)C2. The largest absolute Gasteiger partial charge is 0.536 e. The van der Waals surface area contributed by atoms with Crippen LogP contribution in [-0.2, 0) is 18.3 Å². The molecule has 0 spiro atoms. The maximum Gasteiger partial charge on any atom is 0.526 e. The molecule has 1 unspecified atom stereocenters. The number of benzene rings is 1. The van der Waals surface area contributed by atoms with Crippen molar-refractivity contribution in [1.29, 1.82) is 0 Å². The number of anilines is 1. The van der Waals surface area contributed by atoms with Gasteiger partial charge in [-0.1, -0.05) is 18.2 Å². The number of aryl methyl sites for hydroxylation is 2. The van der Waals surface area contributed by atoms with Crippen LogP contribution in [0.5, 0.6) is 5.75 Å². The van der Waals surface area contributed by atoms with Gasteiger partial charge in [0.15, 0.2) is 10.9 Å². The lowest BCUT2D eigenvalue weighted by Gasteiger charge is -2.29. The van der Waals surface area contributed by atoms with Crippen molar-refractivity contribution >= 4 is 35.3 Å². The Kier molecular flexibility index (Phi) is 6.34. The van der Waals surface area contributed by atoms with E-state index < -0.39 is 24.9 Å². The Labute approximate surface area is 194 Å². The summed E-state index contributed by atoms with van der Waals surface area (Å²) in [4.78, 5) is 42.2. The van der Waals surface area contributed by atoms with E-state index in [1.54, 1.807) is 12.4 Å². The van der Waals surface area contributed by atoms with Crippen LogP contribution in [0.2, 0.25) is 5.82 Å². The van der Waals surface area contributed by atoms with E-state index >= 15 is 0 Å². The maximum absolute atomic E-state index is 13.3. The minimum Gasteiger partial charge on any atom is -0.536 e. The second kappa shape index (κ2) is 9.20. The molecule has 1 aromatic carbocycles. The molecule has 1 aliphatic heterocycles. The molecule has 4 rings (SSSR count). The fourth-order valence-corrected chi connectivity index (χ4v) is 4.44. The van der Waals surface area contributed by atoms with Gasteiger partial charge in [-0.25, -0.2) is 4.98 Å². The molecule has 1 aliphatic rings. The number of pyridine rings is 1. The second-order valence-electron chi connectivity index (χ2n) is 8.09. The third-order valence-electron chi connectivity index (χ3n) is 5.68.